The van der Waals surface area contributed by atoms with Crippen LogP contribution in [0.4, 0.5) is 0 Å². The second-order valence-corrected chi connectivity index (χ2v) is 12.5. The lowest BCUT2D eigenvalue weighted by molar-refractivity contribution is -0.322. The lowest BCUT2D eigenvalue weighted by Gasteiger charge is -2.64. The number of hydrogen-bond acceptors (Lipinski definition) is 12. The maximum absolute atomic E-state index is 13.2. The monoisotopic (exact) mass is 634 g/mol. The Labute approximate surface area is 253 Å². The van der Waals surface area contributed by atoms with Crippen molar-refractivity contribution in [3.63, 3.8) is 0 Å². The van der Waals surface area contributed by atoms with Crippen LogP contribution in [-0.2, 0) is 52.4 Å². The van der Waals surface area contributed by atoms with Crippen LogP contribution in [0, 0.1) is 17.3 Å². The van der Waals surface area contributed by atoms with Gasteiger partial charge in [-0.3, -0.25) is 24.0 Å². The van der Waals surface area contributed by atoms with Crippen molar-refractivity contribution in [2.75, 3.05) is 5.88 Å². The molecule has 0 radical (unpaired) electrons. The summed E-state index contributed by atoms with van der Waals surface area (Å²) in [4.78, 5) is 63.7. The Morgan fingerprint density at radius 2 is 1.55 bits per heavy atom. The fourth-order valence-corrected chi connectivity index (χ4v) is 8.21. The number of ether oxygens (including phenoxy) is 6. The van der Waals surface area contributed by atoms with Crippen molar-refractivity contribution in [2.24, 2.45) is 17.3 Å². The van der Waals surface area contributed by atoms with Crippen LogP contribution >= 0.6 is 23.2 Å². The van der Waals surface area contributed by atoms with Crippen LogP contribution in [0.15, 0.2) is 12.2 Å². The highest BCUT2D eigenvalue weighted by atomic mass is 35.5. The molecule has 12 atom stereocenters. The van der Waals surface area contributed by atoms with Gasteiger partial charge in [-0.25, -0.2) is 0 Å². The Kier molecular flexibility index (Phi) is 8.71. The Morgan fingerprint density at radius 3 is 2.07 bits per heavy atom. The zero-order chi connectivity index (χ0) is 31.5. The van der Waals surface area contributed by atoms with E-state index in [1.54, 1.807) is 6.92 Å². The molecule has 12 nitrogen and oxygen atoms in total. The van der Waals surface area contributed by atoms with Crippen LogP contribution < -0.4 is 0 Å². The van der Waals surface area contributed by atoms with Gasteiger partial charge in [-0.05, 0) is 25.3 Å². The molecule has 4 rings (SSSR count). The summed E-state index contributed by atoms with van der Waals surface area (Å²) in [5.41, 5.74) is -5.29. The molecule has 3 heterocycles. The first kappa shape index (κ1) is 32.5. The van der Waals surface area contributed by atoms with Gasteiger partial charge in [0.05, 0.1) is 28.2 Å². The van der Waals surface area contributed by atoms with Gasteiger partial charge in [0.25, 0.3) is 0 Å². The topological polar surface area (TPSA) is 161 Å². The van der Waals surface area contributed by atoms with Crippen molar-refractivity contribution in [1.82, 2.24) is 0 Å². The quantitative estimate of drug-likeness (QED) is 0.203. The molecule has 0 aromatic rings. The minimum absolute atomic E-state index is 0.0408. The van der Waals surface area contributed by atoms with Gasteiger partial charge in [0.1, 0.15) is 18.3 Å². The minimum Gasteiger partial charge on any atom is -0.462 e. The van der Waals surface area contributed by atoms with Crippen LogP contribution in [0.3, 0.4) is 0 Å². The van der Waals surface area contributed by atoms with E-state index >= 15 is 0 Å². The van der Waals surface area contributed by atoms with Crippen molar-refractivity contribution >= 4 is 53.0 Å². The number of hydrogen-bond donors (Lipinski definition) is 1. The number of carbonyl (C=O) groups is 5. The molecular weight excluding hydrogens is 599 g/mol. The zero-order valence-electron chi connectivity index (χ0n) is 24.2. The van der Waals surface area contributed by atoms with Crippen molar-refractivity contribution in [3.05, 3.63) is 12.2 Å². The van der Waals surface area contributed by atoms with E-state index in [-0.39, 0.29) is 18.4 Å². The summed E-state index contributed by atoms with van der Waals surface area (Å²) in [5.74, 6) is -6.69. The van der Waals surface area contributed by atoms with E-state index in [0.717, 1.165) is 20.8 Å². The predicted octanol–water partition coefficient (Wildman–Crippen LogP) is 1.98. The van der Waals surface area contributed by atoms with E-state index in [2.05, 4.69) is 6.58 Å². The van der Waals surface area contributed by atoms with Gasteiger partial charge in [0.2, 0.25) is 0 Å². The Hall–Kier alpha value is -2.41. The summed E-state index contributed by atoms with van der Waals surface area (Å²) in [7, 11) is 0. The van der Waals surface area contributed by atoms with E-state index in [1.165, 1.54) is 13.8 Å². The van der Waals surface area contributed by atoms with Crippen molar-refractivity contribution in [1.29, 1.82) is 0 Å². The SMILES string of the molecule is C=C1[C@H]2O[C@]3(C(C)C(=O)O[C@H]3[C@H]1Cl)[C@@H](OC(C)=O)[C@H]1[C@@](O)(CCl)CC[C@H](OC(C)=O)[C@]1(C)[C@@H](OC(C)=O)[C@@H]2OC(C)=O. The van der Waals surface area contributed by atoms with Gasteiger partial charge in [0.15, 0.2) is 23.9 Å². The third-order valence-corrected chi connectivity index (χ3v) is 10.2. The van der Waals surface area contributed by atoms with E-state index in [9.17, 15) is 29.1 Å². The molecule has 42 heavy (non-hydrogen) atoms. The molecule has 4 aliphatic rings. The molecule has 1 saturated carbocycles. The molecule has 1 unspecified atom stereocenters. The molecule has 4 fully saturated rings. The molecular formula is C28H36Cl2O12. The average Bonchev–Trinajstić information content (AvgIpc) is 3.14. The van der Waals surface area contributed by atoms with Crippen molar-refractivity contribution in [2.45, 2.75) is 108 Å². The van der Waals surface area contributed by atoms with Crippen LogP contribution in [0.5, 0.6) is 0 Å². The van der Waals surface area contributed by atoms with Gasteiger partial charge in [-0.2, -0.15) is 0 Å². The Bertz CT molecular complexity index is 1190. The summed E-state index contributed by atoms with van der Waals surface area (Å²) in [5, 5.41) is 11.1. The first-order valence-electron chi connectivity index (χ1n) is 13.6. The lowest BCUT2D eigenvalue weighted by Crippen LogP contribution is -2.78. The highest BCUT2D eigenvalue weighted by Gasteiger charge is 2.78. The number of esters is 5. The minimum atomic E-state index is -1.89. The van der Waals surface area contributed by atoms with E-state index < -0.39 is 106 Å². The first-order chi connectivity index (χ1) is 19.4. The third-order valence-electron chi connectivity index (χ3n) is 9.20. The third kappa shape index (κ3) is 4.88. The number of rotatable bonds is 5. The molecule has 2 bridgehead atoms. The van der Waals surface area contributed by atoms with Gasteiger partial charge in [-0.1, -0.05) is 13.5 Å². The van der Waals surface area contributed by atoms with Gasteiger partial charge >= 0.3 is 29.8 Å². The first-order valence-corrected chi connectivity index (χ1v) is 14.6. The molecule has 3 aliphatic heterocycles. The predicted molar refractivity (Wildman–Crippen MR) is 144 cm³/mol. The highest BCUT2D eigenvalue weighted by Crippen LogP contribution is 2.62. The van der Waals surface area contributed by atoms with Crippen molar-refractivity contribution < 1.29 is 57.5 Å². The summed E-state index contributed by atoms with van der Waals surface area (Å²) in [6, 6.07) is 0. The Balaban J connectivity index is 2.16. The lowest BCUT2D eigenvalue weighted by atomic mass is 9.50. The molecule has 0 aromatic heterocycles. The van der Waals surface area contributed by atoms with Crippen molar-refractivity contribution in [3.8, 4) is 0 Å². The average molecular weight is 635 g/mol. The summed E-state index contributed by atoms with van der Waals surface area (Å²) in [6.45, 7) is 11.7. The summed E-state index contributed by atoms with van der Waals surface area (Å²) < 4.78 is 35.8. The van der Waals surface area contributed by atoms with Gasteiger partial charge in [-0.15, -0.1) is 23.2 Å². The van der Waals surface area contributed by atoms with Gasteiger partial charge < -0.3 is 33.5 Å². The molecule has 1 N–H and O–H groups in total. The fraction of sp³-hybridized carbons (Fsp3) is 0.750. The molecule has 14 heteroatoms. The summed E-state index contributed by atoms with van der Waals surface area (Å²) in [6.07, 6.45) is -8.19. The van der Waals surface area contributed by atoms with E-state index in [1.807, 2.05) is 0 Å². The molecule has 3 saturated heterocycles. The smallest absolute Gasteiger partial charge is 0.312 e. The fourth-order valence-electron chi connectivity index (χ4n) is 7.54. The molecule has 1 spiro atoms. The second kappa shape index (κ2) is 11.3. The molecule has 0 aromatic carbocycles. The standard InChI is InChI=1S/C28H36Cl2O12/c1-11-18(30)22-28(12(2)25(35)41-22)24(40-16(6)34)21-26(7,17(37-13(3)31)8-9-27(21,36)10-29)23(39-15(5)33)20(19(11)42-28)38-14(4)32/h12,17-24,36H,1,8-10H2,2-7H3/t12?,17-,18-,19+,20+,21+,22-,23-,24-,26-,27-,28-/m0/s1. The number of halogens is 2. The highest BCUT2D eigenvalue weighted by molar-refractivity contribution is 6.23. The Morgan fingerprint density at radius 1 is 1.00 bits per heavy atom. The normalized spacial score (nSPS) is 44.4. The van der Waals surface area contributed by atoms with Crippen LogP contribution in [0.25, 0.3) is 0 Å². The van der Waals surface area contributed by atoms with E-state index in [0.29, 0.717) is 0 Å². The van der Waals surface area contributed by atoms with E-state index in [4.69, 9.17) is 51.6 Å². The largest absolute Gasteiger partial charge is 0.462 e. The number of carbonyl (C=O) groups excluding carboxylic acids is 5. The van der Waals surface area contributed by atoms with Crippen LogP contribution in [-0.4, -0.2) is 94.0 Å². The molecule has 234 valence electrons. The second-order valence-electron chi connectivity index (χ2n) is 11.8. The molecule has 0 amide bonds. The number of aliphatic hydroxyl groups is 1. The maximum Gasteiger partial charge on any atom is 0.312 e. The maximum atomic E-state index is 13.2. The molecule has 1 aliphatic carbocycles. The summed E-state index contributed by atoms with van der Waals surface area (Å²) >= 11 is 13.3. The van der Waals surface area contributed by atoms with Crippen LogP contribution in [0.2, 0.25) is 0 Å². The number of fused-ring (bicyclic) bond motifs is 2. The zero-order valence-corrected chi connectivity index (χ0v) is 25.7. The number of alkyl halides is 2. The van der Waals surface area contributed by atoms with Crippen LogP contribution in [0.1, 0.15) is 54.4 Å². The van der Waals surface area contributed by atoms with Gasteiger partial charge in [0, 0.05) is 33.6 Å².